The molecule has 1 aliphatic rings. The Hall–Kier alpha value is -2.50. The number of fused-ring (bicyclic) bond motifs is 3. The largest absolute Gasteiger partial charge is 0.497 e. The third-order valence-electron chi connectivity index (χ3n) is 5.21. The maximum absolute atomic E-state index is 12.2. The number of rotatable bonds is 3. The lowest BCUT2D eigenvalue weighted by atomic mass is 10.0. The monoisotopic (exact) mass is 386 g/mol. The number of quaternary nitrogens is 1. The van der Waals surface area contributed by atoms with Crippen LogP contribution < -0.4 is 20.0 Å². The van der Waals surface area contributed by atoms with Crippen molar-refractivity contribution in [1.82, 2.24) is 0 Å². The summed E-state index contributed by atoms with van der Waals surface area (Å²) in [4.78, 5) is 13.4. The van der Waals surface area contributed by atoms with Gasteiger partial charge in [-0.25, -0.2) is 4.79 Å². The highest BCUT2D eigenvalue weighted by atomic mass is 35.5. The number of hydrogen-bond donors (Lipinski definition) is 1. The van der Waals surface area contributed by atoms with Gasteiger partial charge in [0, 0.05) is 16.5 Å². The molecule has 3 aromatic rings. The zero-order valence-corrected chi connectivity index (χ0v) is 16.3. The van der Waals surface area contributed by atoms with Crippen LogP contribution in [0.3, 0.4) is 0 Å². The molecular formula is C21H21ClNO4+. The summed E-state index contributed by atoms with van der Waals surface area (Å²) >= 11 is 6.46. The van der Waals surface area contributed by atoms with Gasteiger partial charge in [0.1, 0.15) is 18.8 Å². The quantitative estimate of drug-likeness (QED) is 0.703. The summed E-state index contributed by atoms with van der Waals surface area (Å²) in [7, 11) is 1.65. The van der Waals surface area contributed by atoms with Crippen molar-refractivity contribution < 1.29 is 18.8 Å². The van der Waals surface area contributed by atoms with E-state index in [4.69, 9.17) is 25.5 Å². The SMILES string of the molecule is COc1ccc(C[NH+]2COc3c(Cl)cc4c(C)c(C)c(=O)oc4c3C2)cc1. The Balaban J connectivity index is 1.72. The number of halogens is 1. The molecule has 2 heterocycles. The fourth-order valence-electron chi connectivity index (χ4n) is 3.52. The van der Waals surface area contributed by atoms with Crippen LogP contribution in [0.4, 0.5) is 0 Å². The van der Waals surface area contributed by atoms with Gasteiger partial charge >= 0.3 is 5.63 Å². The summed E-state index contributed by atoms with van der Waals surface area (Å²) in [6.07, 6.45) is 0. The lowest BCUT2D eigenvalue weighted by molar-refractivity contribution is -0.945. The summed E-state index contributed by atoms with van der Waals surface area (Å²) in [5.74, 6) is 1.45. The van der Waals surface area contributed by atoms with Crippen LogP contribution in [0.2, 0.25) is 5.02 Å². The van der Waals surface area contributed by atoms with Gasteiger partial charge in [-0.05, 0) is 49.7 Å². The Morgan fingerprint density at radius 2 is 1.93 bits per heavy atom. The van der Waals surface area contributed by atoms with Gasteiger partial charge in [-0.3, -0.25) is 4.90 Å². The molecule has 0 fully saturated rings. The minimum Gasteiger partial charge on any atom is -0.497 e. The molecule has 6 heteroatoms. The molecule has 1 N–H and O–H groups in total. The number of nitrogens with one attached hydrogen (secondary N) is 1. The van der Waals surface area contributed by atoms with E-state index in [0.717, 1.165) is 28.8 Å². The third kappa shape index (κ3) is 3.17. The Kier molecular flexibility index (Phi) is 4.58. The molecule has 0 aliphatic carbocycles. The second kappa shape index (κ2) is 6.91. The van der Waals surface area contributed by atoms with Gasteiger partial charge in [0.2, 0.25) is 6.73 Å². The summed E-state index contributed by atoms with van der Waals surface area (Å²) in [6, 6.07) is 9.82. The van der Waals surface area contributed by atoms with Crippen molar-refractivity contribution >= 4 is 22.6 Å². The molecule has 1 aromatic heterocycles. The zero-order chi connectivity index (χ0) is 19.1. The maximum Gasteiger partial charge on any atom is 0.339 e. The van der Waals surface area contributed by atoms with Gasteiger partial charge in [0.15, 0.2) is 11.3 Å². The average molecular weight is 387 g/mol. The molecule has 2 aromatic carbocycles. The molecule has 0 amide bonds. The molecular weight excluding hydrogens is 366 g/mol. The number of ether oxygens (including phenoxy) is 2. The average Bonchev–Trinajstić information content (AvgIpc) is 2.68. The lowest BCUT2D eigenvalue weighted by Crippen LogP contribution is -3.10. The molecule has 140 valence electrons. The van der Waals surface area contributed by atoms with Gasteiger partial charge in [-0.1, -0.05) is 11.6 Å². The number of benzene rings is 2. The van der Waals surface area contributed by atoms with Crippen molar-refractivity contribution in [3.05, 3.63) is 68.0 Å². The minimum atomic E-state index is -0.313. The van der Waals surface area contributed by atoms with Crippen molar-refractivity contribution in [3.8, 4) is 11.5 Å². The fourth-order valence-corrected chi connectivity index (χ4v) is 3.80. The normalized spacial score (nSPS) is 16.1. The topological polar surface area (TPSA) is 53.1 Å². The van der Waals surface area contributed by atoms with Crippen molar-refractivity contribution in [2.24, 2.45) is 0 Å². The van der Waals surface area contributed by atoms with Crippen LogP contribution in [0.15, 0.2) is 39.5 Å². The Labute approximate surface area is 162 Å². The van der Waals surface area contributed by atoms with Crippen LogP contribution in [-0.4, -0.2) is 13.8 Å². The zero-order valence-electron chi connectivity index (χ0n) is 15.5. The van der Waals surface area contributed by atoms with Crippen LogP contribution >= 0.6 is 11.6 Å². The van der Waals surface area contributed by atoms with E-state index in [0.29, 0.717) is 35.2 Å². The van der Waals surface area contributed by atoms with E-state index >= 15 is 0 Å². The van der Waals surface area contributed by atoms with Crippen LogP contribution in [0, 0.1) is 13.8 Å². The predicted octanol–water partition coefficient (Wildman–Crippen LogP) is 3.01. The molecule has 0 saturated heterocycles. The smallest absolute Gasteiger partial charge is 0.339 e. The van der Waals surface area contributed by atoms with Crippen molar-refractivity contribution in [2.75, 3.05) is 13.8 Å². The minimum absolute atomic E-state index is 0.313. The maximum atomic E-state index is 12.2. The fraction of sp³-hybridized carbons (Fsp3) is 0.286. The highest BCUT2D eigenvalue weighted by Gasteiger charge is 2.28. The molecule has 1 aliphatic heterocycles. The first-order chi connectivity index (χ1) is 13.0. The second-order valence-corrected chi connectivity index (χ2v) is 7.33. The molecule has 0 spiro atoms. The van der Waals surface area contributed by atoms with E-state index in [1.54, 1.807) is 14.0 Å². The van der Waals surface area contributed by atoms with Crippen LogP contribution in [-0.2, 0) is 13.1 Å². The van der Waals surface area contributed by atoms with Gasteiger partial charge in [0.25, 0.3) is 0 Å². The van der Waals surface area contributed by atoms with E-state index in [2.05, 4.69) is 0 Å². The molecule has 0 saturated carbocycles. The van der Waals surface area contributed by atoms with E-state index in [1.165, 1.54) is 10.5 Å². The molecule has 0 radical (unpaired) electrons. The van der Waals surface area contributed by atoms with Gasteiger partial charge in [-0.15, -0.1) is 0 Å². The van der Waals surface area contributed by atoms with Gasteiger partial charge in [-0.2, -0.15) is 0 Å². The molecule has 1 unspecified atom stereocenters. The Morgan fingerprint density at radius 1 is 1.19 bits per heavy atom. The van der Waals surface area contributed by atoms with Crippen molar-refractivity contribution in [2.45, 2.75) is 26.9 Å². The first kappa shape index (κ1) is 17.9. The first-order valence-corrected chi connectivity index (χ1v) is 9.20. The summed E-state index contributed by atoms with van der Waals surface area (Å²) in [5.41, 5.74) is 3.80. The first-order valence-electron chi connectivity index (χ1n) is 8.82. The summed E-state index contributed by atoms with van der Waals surface area (Å²) in [6.45, 7) is 5.64. The van der Waals surface area contributed by atoms with Crippen LogP contribution in [0.5, 0.6) is 11.5 Å². The van der Waals surface area contributed by atoms with Crippen molar-refractivity contribution in [3.63, 3.8) is 0 Å². The Morgan fingerprint density at radius 3 is 2.63 bits per heavy atom. The Bertz CT molecular complexity index is 1070. The predicted molar refractivity (Wildman–Crippen MR) is 104 cm³/mol. The van der Waals surface area contributed by atoms with E-state index in [1.807, 2.05) is 37.3 Å². The molecule has 5 nitrogen and oxygen atoms in total. The number of hydrogen-bond acceptors (Lipinski definition) is 4. The summed E-state index contributed by atoms with van der Waals surface area (Å²) in [5, 5.41) is 1.42. The lowest BCUT2D eigenvalue weighted by Gasteiger charge is -2.27. The van der Waals surface area contributed by atoms with Crippen LogP contribution in [0.1, 0.15) is 22.3 Å². The van der Waals surface area contributed by atoms with Crippen LogP contribution in [0.25, 0.3) is 11.0 Å². The molecule has 27 heavy (non-hydrogen) atoms. The standard InChI is InChI=1S/C21H20ClNO4/c1-12-13(2)21(24)27-19-16(12)8-18(22)20-17(19)10-23(11-26-20)9-14-4-6-15(25-3)7-5-14/h4-8H,9-11H2,1-3H3/p+1. The molecule has 1 atom stereocenters. The van der Waals surface area contributed by atoms with Crippen molar-refractivity contribution in [1.29, 1.82) is 0 Å². The summed E-state index contributed by atoms with van der Waals surface area (Å²) < 4.78 is 16.8. The molecule has 4 rings (SSSR count). The highest BCUT2D eigenvalue weighted by molar-refractivity contribution is 6.33. The molecule has 0 bridgehead atoms. The van der Waals surface area contributed by atoms with E-state index in [-0.39, 0.29) is 5.63 Å². The van der Waals surface area contributed by atoms with E-state index in [9.17, 15) is 4.79 Å². The second-order valence-electron chi connectivity index (χ2n) is 6.92. The van der Waals surface area contributed by atoms with E-state index < -0.39 is 0 Å². The number of aryl methyl sites for hydroxylation is 1. The van der Waals surface area contributed by atoms with Gasteiger partial charge in [0.05, 0.1) is 17.7 Å². The van der Waals surface area contributed by atoms with Gasteiger partial charge < -0.3 is 13.9 Å². The highest BCUT2D eigenvalue weighted by Crippen LogP contribution is 2.37. The number of methoxy groups -OCH3 is 1. The third-order valence-corrected chi connectivity index (χ3v) is 5.49.